The van der Waals surface area contributed by atoms with Crippen LogP contribution in [0.1, 0.15) is 22.8 Å². The molecule has 0 saturated carbocycles. The molecule has 9 nitrogen and oxygen atoms in total. The lowest BCUT2D eigenvalue weighted by molar-refractivity contribution is -0.121. The highest BCUT2D eigenvalue weighted by molar-refractivity contribution is 7.92. The van der Waals surface area contributed by atoms with Crippen LogP contribution in [-0.2, 0) is 14.8 Å². The number of amides is 1. The Bertz CT molecular complexity index is 1000. The largest absolute Gasteiger partial charge is 0.497 e. The molecule has 0 bridgehead atoms. The first-order chi connectivity index (χ1) is 13.6. The average Bonchev–Trinajstić information content (AvgIpc) is 2.67. The number of ether oxygens (including phenoxy) is 1. The maximum absolute atomic E-state index is 12.4. The van der Waals surface area contributed by atoms with Crippen LogP contribution < -0.4 is 14.5 Å². The molecule has 0 saturated heterocycles. The van der Waals surface area contributed by atoms with E-state index in [2.05, 4.69) is 10.5 Å². The standard InChI is InChI=1S/C19H21N3O6S/c1-13(22(29(3,26)27)16-8-10-17(28-2)11-9-16)18(23)21-20-12-14-4-6-15(7-5-14)19(24)25/h4-13H,1-3H3,(H,21,23)(H,24,25)/b20-12-/t13-/m1/s1. The lowest BCUT2D eigenvalue weighted by atomic mass is 10.1. The van der Waals surface area contributed by atoms with Crippen LogP contribution in [0.2, 0.25) is 0 Å². The number of anilines is 1. The van der Waals surface area contributed by atoms with Crippen LogP contribution in [0.5, 0.6) is 5.75 Å². The number of hydrazone groups is 1. The number of aromatic carboxylic acids is 1. The van der Waals surface area contributed by atoms with Gasteiger partial charge in [0.2, 0.25) is 10.0 Å². The van der Waals surface area contributed by atoms with Crippen molar-refractivity contribution in [3.05, 3.63) is 59.7 Å². The van der Waals surface area contributed by atoms with Gasteiger partial charge in [-0.1, -0.05) is 12.1 Å². The van der Waals surface area contributed by atoms with Gasteiger partial charge in [-0.05, 0) is 48.9 Å². The minimum absolute atomic E-state index is 0.128. The lowest BCUT2D eigenvalue weighted by Gasteiger charge is -2.27. The number of nitrogens with one attached hydrogen (secondary N) is 1. The second-order valence-electron chi connectivity index (χ2n) is 6.09. The van der Waals surface area contributed by atoms with Crippen LogP contribution in [0.15, 0.2) is 53.6 Å². The van der Waals surface area contributed by atoms with Gasteiger partial charge in [-0.15, -0.1) is 0 Å². The molecule has 2 N–H and O–H groups in total. The third kappa shape index (κ3) is 5.79. The normalized spacial score (nSPS) is 12.4. The zero-order valence-corrected chi connectivity index (χ0v) is 16.9. The fourth-order valence-electron chi connectivity index (χ4n) is 2.51. The molecule has 2 aromatic rings. The van der Waals surface area contributed by atoms with Crippen LogP contribution in [0, 0.1) is 0 Å². The molecule has 0 aromatic heterocycles. The van der Waals surface area contributed by atoms with Gasteiger partial charge < -0.3 is 9.84 Å². The minimum Gasteiger partial charge on any atom is -0.497 e. The van der Waals surface area contributed by atoms with Crippen molar-refractivity contribution in [1.29, 1.82) is 0 Å². The number of carboxylic acids is 1. The van der Waals surface area contributed by atoms with Crippen molar-refractivity contribution in [2.24, 2.45) is 5.10 Å². The molecule has 0 unspecified atom stereocenters. The molecular formula is C19H21N3O6S. The number of carbonyl (C=O) groups excluding carboxylic acids is 1. The lowest BCUT2D eigenvalue weighted by Crippen LogP contribution is -2.46. The van der Waals surface area contributed by atoms with Gasteiger partial charge in [0.1, 0.15) is 11.8 Å². The summed E-state index contributed by atoms with van der Waals surface area (Å²) < 4.78 is 30.5. The molecule has 2 rings (SSSR count). The Morgan fingerprint density at radius 3 is 2.21 bits per heavy atom. The molecule has 0 fully saturated rings. The van der Waals surface area contributed by atoms with Gasteiger partial charge in [0.25, 0.3) is 5.91 Å². The molecule has 0 aliphatic heterocycles. The zero-order chi connectivity index (χ0) is 21.6. The van der Waals surface area contributed by atoms with Gasteiger partial charge in [-0.2, -0.15) is 5.10 Å². The van der Waals surface area contributed by atoms with Gasteiger partial charge in [0, 0.05) is 0 Å². The number of carboxylic acid groups (broad SMARTS) is 1. The predicted octanol–water partition coefficient (Wildman–Crippen LogP) is 1.70. The number of nitrogens with zero attached hydrogens (tertiary/aromatic N) is 2. The van der Waals surface area contributed by atoms with E-state index in [-0.39, 0.29) is 5.56 Å². The average molecular weight is 419 g/mol. The summed E-state index contributed by atoms with van der Waals surface area (Å²) in [6.45, 7) is 1.44. The highest BCUT2D eigenvalue weighted by Crippen LogP contribution is 2.23. The Morgan fingerprint density at radius 2 is 1.72 bits per heavy atom. The summed E-state index contributed by atoms with van der Waals surface area (Å²) in [7, 11) is -2.26. The Balaban J connectivity index is 2.13. The third-order valence-corrected chi connectivity index (χ3v) is 5.20. The monoisotopic (exact) mass is 419 g/mol. The van der Waals surface area contributed by atoms with Crippen molar-refractivity contribution in [1.82, 2.24) is 5.43 Å². The molecule has 0 radical (unpaired) electrons. The molecule has 1 amide bonds. The van der Waals surface area contributed by atoms with E-state index in [0.717, 1.165) is 10.6 Å². The number of methoxy groups -OCH3 is 1. The van der Waals surface area contributed by atoms with Crippen molar-refractivity contribution in [2.75, 3.05) is 17.7 Å². The van der Waals surface area contributed by atoms with Crippen LogP contribution in [-0.4, -0.2) is 51.0 Å². The smallest absolute Gasteiger partial charge is 0.335 e. The molecule has 0 heterocycles. The molecule has 0 spiro atoms. The summed E-state index contributed by atoms with van der Waals surface area (Å²) in [6, 6.07) is 11.1. The summed E-state index contributed by atoms with van der Waals surface area (Å²) in [5.41, 5.74) is 3.30. The number of benzene rings is 2. The van der Waals surface area contributed by atoms with Crippen molar-refractivity contribution in [3.63, 3.8) is 0 Å². The third-order valence-electron chi connectivity index (χ3n) is 3.96. The SMILES string of the molecule is COc1ccc(N([C@H](C)C(=O)N/N=C\c2ccc(C(=O)O)cc2)S(C)(=O)=O)cc1. The van der Waals surface area contributed by atoms with Crippen molar-refractivity contribution in [3.8, 4) is 5.75 Å². The molecule has 10 heteroatoms. The van der Waals surface area contributed by atoms with Crippen molar-refractivity contribution < 1.29 is 27.9 Å². The van der Waals surface area contributed by atoms with E-state index in [1.165, 1.54) is 56.6 Å². The maximum Gasteiger partial charge on any atom is 0.335 e. The molecule has 1 atom stereocenters. The molecular weight excluding hydrogens is 398 g/mol. The fourth-order valence-corrected chi connectivity index (χ4v) is 3.69. The van der Waals surface area contributed by atoms with E-state index >= 15 is 0 Å². The van der Waals surface area contributed by atoms with Crippen LogP contribution >= 0.6 is 0 Å². The zero-order valence-electron chi connectivity index (χ0n) is 16.1. The summed E-state index contributed by atoms with van der Waals surface area (Å²) in [5.74, 6) is -1.13. The Kier molecular flexibility index (Phi) is 6.94. The van der Waals surface area contributed by atoms with Gasteiger partial charge in [-0.3, -0.25) is 9.10 Å². The van der Waals surface area contributed by atoms with Crippen LogP contribution in [0.25, 0.3) is 0 Å². The Morgan fingerprint density at radius 1 is 1.14 bits per heavy atom. The molecule has 154 valence electrons. The van der Waals surface area contributed by atoms with E-state index in [0.29, 0.717) is 17.0 Å². The second kappa shape index (κ2) is 9.20. The Hall–Kier alpha value is -3.40. The molecule has 2 aromatic carbocycles. The van der Waals surface area contributed by atoms with E-state index in [1.54, 1.807) is 12.1 Å². The predicted molar refractivity (Wildman–Crippen MR) is 109 cm³/mol. The Labute approximate surface area is 168 Å². The quantitative estimate of drug-likeness (QED) is 0.496. The minimum atomic E-state index is -3.75. The second-order valence-corrected chi connectivity index (χ2v) is 7.95. The van der Waals surface area contributed by atoms with E-state index in [1.807, 2.05) is 0 Å². The van der Waals surface area contributed by atoms with Crippen LogP contribution in [0.3, 0.4) is 0 Å². The van der Waals surface area contributed by atoms with Gasteiger partial charge in [0.05, 0.1) is 30.8 Å². The molecule has 0 aliphatic carbocycles. The maximum atomic E-state index is 12.4. The highest BCUT2D eigenvalue weighted by Gasteiger charge is 2.29. The number of hydrogen-bond acceptors (Lipinski definition) is 6. The first-order valence-corrected chi connectivity index (χ1v) is 10.3. The summed E-state index contributed by atoms with van der Waals surface area (Å²) in [5, 5.41) is 12.7. The number of hydrogen-bond donors (Lipinski definition) is 2. The topological polar surface area (TPSA) is 125 Å². The molecule has 0 aliphatic rings. The van der Waals surface area contributed by atoms with E-state index in [4.69, 9.17) is 9.84 Å². The number of rotatable bonds is 8. The number of carbonyl (C=O) groups is 2. The van der Waals surface area contributed by atoms with E-state index < -0.39 is 27.9 Å². The van der Waals surface area contributed by atoms with Gasteiger partial charge in [0.15, 0.2) is 0 Å². The first-order valence-electron chi connectivity index (χ1n) is 8.43. The summed E-state index contributed by atoms with van der Waals surface area (Å²) in [4.78, 5) is 23.3. The number of sulfonamides is 1. The highest BCUT2D eigenvalue weighted by atomic mass is 32.2. The fraction of sp³-hybridized carbons (Fsp3) is 0.211. The van der Waals surface area contributed by atoms with Crippen LogP contribution in [0.4, 0.5) is 5.69 Å². The van der Waals surface area contributed by atoms with Crippen molar-refractivity contribution >= 4 is 33.8 Å². The van der Waals surface area contributed by atoms with E-state index in [9.17, 15) is 18.0 Å². The van der Waals surface area contributed by atoms with Gasteiger partial charge in [-0.25, -0.2) is 18.6 Å². The first kappa shape index (κ1) is 21.9. The molecule has 29 heavy (non-hydrogen) atoms. The van der Waals surface area contributed by atoms with Gasteiger partial charge >= 0.3 is 5.97 Å². The van der Waals surface area contributed by atoms with Crippen molar-refractivity contribution in [2.45, 2.75) is 13.0 Å². The summed E-state index contributed by atoms with van der Waals surface area (Å²) in [6.07, 6.45) is 2.34. The summed E-state index contributed by atoms with van der Waals surface area (Å²) >= 11 is 0.